The van der Waals surface area contributed by atoms with Crippen molar-refractivity contribution in [1.29, 1.82) is 0 Å². The van der Waals surface area contributed by atoms with Gasteiger partial charge in [0.2, 0.25) is 0 Å². The highest BCUT2D eigenvalue weighted by Gasteiger charge is 2.13. The van der Waals surface area contributed by atoms with E-state index in [1.54, 1.807) is 23.0 Å². The van der Waals surface area contributed by atoms with Crippen LogP contribution < -0.4 is 4.90 Å². The van der Waals surface area contributed by atoms with Gasteiger partial charge in [0.1, 0.15) is 0 Å². The average molecular weight is 341 g/mol. The molecule has 1 aliphatic heterocycles. The van der Waals surface area contributed by atoms with Gasteiger partial charge in [0.25, 0.3) is 0 Å². The molecule has 4 rings (SSSR count). The predicted molar refractivity (Wildman–Crippen MR) is 91.9 cm³/mol. The molecule has 6 heteroatoms. The van der Waals surface area contributed by atoms with Gasteiger partial charge >= 0.3 is 0 Å². The third-order valence-electron chi connectivity index (χ3n) is 4.33. The number of hydrogen-bond donors (Lipinski definition) is 0. The quantitative estimate of drug-likeness (QED) is 0.728. The molecule has 0 spiro atoms. The van der Waals surface area contributed by atoms with Crippen molar-refractivity contribution in [1.82, 2.24) is 9.78 Å². The Morgan fingerprint density at radius 3 is 2.28 bits per heavy atom. The summed E-state index contributed by atoms with van der Waals surface area (Å²) in [5.74, 6) is -1.72. The second-order valence-electron chi connectivity index (χ2n) is 5.87. The summed E-state index contributed by atoms with van der Waals surface area (Å²) in [6, 6.07) is 13.7. The van der Waals surface area contributed by atoms with Crippen molar-refractivity contribution >= 4 is 5.69 Å². The summed E-state index contributed by atoms with van der Waals surface area (Å²) in [6.07, 6.45) is 1.65. The van der Waals surface area contributed by atoms with Crippen LogP contribution in [-0.4, -0.2) is 36.1 Å². The summed E-state index contributed by atoms with van der Waals surface area (Å²) >= 11 is 0. The molecular weight excluding hydrogens is 324 g/mol. The van der Waals surface area contributed by atoms with Gasteiger partial charge in [-0.05, 0) is 48.5 Å². The van der Waals surface area contributed by atoms with Crippen LogP contribution in [0, 0.1) is 11.6 Å². The lowest BCUT2D eigenvalue weighted by atomic mass is 10.1. The number of hydrogen-bond acceptors (Lipinski definition) is 3. The molecule has 1 saturated heterocycles. The summed E-state index contributed by atoms with van der Waals surface area (Å²) in [7, 11) is 0. The zero-order valence-corrected chi connectivity index (χ0v) is 13.5. The molecule has 0 amide bonds. The first-order chi connectivity index (χ1) is 12.2. The molecule has 2 heterocycles. The maximum atomic E-state index is 13.5. The van der Waals surface area contributed by atoms with Crippen molar-refractivity contribution in [2.45, 2.75) is 0 Å². The van der Waals surface area contributed by atoms with Gasteiger partial charge in [-0.1, -0.05) is 0 Å². The van der Waals surface area contributed by atoms with Crippen molar-refractivity contribution < 1.29 is 13.5 Å². The number of morpholine rings is 1. The number of rotatable bonds is 3. The lowest BCUT2D eigenvalue weighted by Crippen LogP contribution is -2.36. The van der Waals surface area contributed by atoms with Gasteiger partial charge in [-0.2, -0.15) is 5.10 Å². The number of benzene rings is 2. The van der Waals surface area contributed by atoms with Gasteiger partial charge in [0.15, 0.2) is 11.6 Å². The maximum absolute atomic E-state index is 13.5. The van der Waals surface area contributed by atoms with Crippen molar-refractivity contribution in [2.24, 2.45) is 0 Å². The van der Waals surface area contributed by atoms with E-state index >= 15 is 0 Å². The summed E-state index contributed by atoms with van der Waals surface area (Å²) < 4.78 is 33.8. The minimum atomic E-state index is -0.868. The molecule has 3 aromatic rings. The van der Waals surface area contributed by atoms with E-state index in [9.17, 15) is 8.78 Å². The SMILES string of the molecule is Fc1ccc(-c2ccnn2-c2ccc(N3CCOCC3)cc2)cc1F. The molecule has 1 aromatic heterocycles. The standard InChI is InChI=1S/C19H17F2N3O/c20-17-6-1-14(13-18(17)21)19-7-8-22-24(19)16-4-2-15(3-5-16)23-9-11-25-12-10-23/h1-8,13H,9-12H2. The topological polar surface area (TPSA) is 30.3 Å². The van der Waals surface area contributed by atoms with Crippen LogP contribution in [0.2, 0.25) is 0 Å². The fraction of sp³-hybridized carbons (Fsp3) is 0.211. The van der Waals surface area contributed by atoms with Crippen LogP contribution in [0.5, 0.6) is 0 Å². The van der Waals surface area contributed by atoms with Gasteiger partial charge in [-0.3, -0.25) is 0 Å². The van der Waals surface area contributed by atoms with E-state index < -0.39 is 11.6 Å². The van der Waals surface area contributed by atoms with E-state index in [2.05, 4.69) is 10.00 Å². The first-order valence-corrected chi connectivity index (χ1v) is 8.15. The molecular formula is C19H17F2N3O. The highest BCUT2D eigenvalue weighted by Crippen LogP contribution is 2.25. The van der Waals surface area contributed by atoms with Crippen molar-refractivity contribution in [3.63, 3.8) is 0 Å². The van der Waals surface area contributed by atoms with E-state index in [0.29, 0.717) is 11.3 Å². The molecule has 0 aliphatic carbocycles. The van der Waals surface area contributed by atoms with E-state index in [-0.39, 0.29) is 0 Å². The van der Waals surface area contributed by atoms with E-state index in [4.69, 9.17) is 4.74 Å². The summed E-state index contributed by atoms with van der Waals surface area (Å²) in [6.45, 7) is 3.23. The van der Waals surface area contributed by atoms with E-state index in [1.165, 1.54) is 6.07 Å². The maximum Gasteiger partial charge on any atom is 0.159 e. The number of halogens is 2. The molecule has 0 bridgehead atoms. The number of aromatic nitrogens is 2. The van der Waals surface area contributed by atoms with Crippen LogP contribution in [-0.2, 0) is 4.74 Å². The zero-order chi connectivity index (χ0) is 17.2. The molecule has 1 aliphatic rings. The fourth-order valence-corrected chi connectivity index (χ4v) is 3.01. The van der Waals surface area contributed by atoms with Gasteiger partial charge in [-0.25, -0.2) is 13.5 Å². The number of nitrogens with zero attached hydrogens (tertiary/aromatic N) is 3. The Bertz CT molecular complexity index is 871. The van der Waals surface area contributed by atoms with E-state index in [0.717, 1.165) is 43.7 Å². The lowest BCUT2D eigenvalue weighted by molar-refractivity contribution is 0.122. The summed E-state index contributed by atoms with van der Waals surface area (Å²) in [4.78, 5) is 2.27. The van der Waals surface area contributed by atoms with Crippen LogP contribution in [0.1, 0.15) is 0 Å². The van der Waals surface area contributed by atoms with Crippen molar-refractivity contribution in [2.75, 3.05) is 31.2 Å². The third-order valence-corrected chi connectivity index (χ3v) is 4.33. The molecule has 128 valence electrons. The largest absolute Gasteiger partial charge is 0.378 e. The fourth-order valence-electron chi connectivity index (χ4n) is 3.01. The molecule has 4 nitrogen and oxygen atoms in total. The van der Waals surface area contributed by atoms with Crippen LogP contribution in [0.3, 0.4) is 0 Å². The minimum absolute atomic E-state index is 0.577. The van der Waals surface area contributed by atoms with Gasteiger partial charge in [0.05, 0.1) is 30.8 Å². The second kappa shape index (κ2) is 6.64. The number of ether oxygens (including phenoxy) is 1. The molecule has 25 heavy (non-hydrogen) atoms. The minimum Gasteiger partial charge on any atom is -0.378 e. The van der Waals surface area contributed by atoms with Crippen LogP contribution in [0.15, 0.2) is 54.7 Å². The average Bonchev–Trinajstić information content (AvgIpc) is 3.15. The van der Waals surface area contributed by atoms with Gasteiger partial charge in [0, 0.05) is 24.3 Å². The molecule has 2 aromatic carbocycles. The van der Waals surface area contributed by atoms with Crippen LogP contribution in [0.25, 0.3) is 16.9 Å². The lowest BCUT2D eigenvalue weighted by Gasteiger charge is -2.28. The first kappa shape index (κ1) is 15.8. The Balaban J connectivity index is 1.64. The second-order valence-corrected chi connectivity index (χ2v) is 5.87. The Morgan fingerprint density at radius 2 is 1.56 bits per heavy atom. The highest BCUT2D eigenvalue weighted by molar-refractivity contribution is 5.62. The Labute approximate surface area is 144 Å². The number of anilines is 1. The smallest absolute Gasteiger partial charge is 0.159 e. The monoisotopic (exact) mass is 341 g/mol. The summed E-state index contributed by atoms with van der Waals surface area (Å²) in [5, 5.41) is 4.32. The van der Waals surface area contributed by atoms with Crippen LogP contribution >= 0.6 is 0 Å². The molecule has 1 fully saturated rings. The normalized spacial score (nSPS) is 14.7. The predicted octanol–water partition coefficient (Wildman–Crippen LogP) is 3.65. The van der Waals surface area contributed by atoms with Crippen molar-refractivity contribution in [3.05, 3.63) is 66.4 Å². The van der Waals surface area contributed by atoms with Crippen molar-refractivity contribution in [3.8, 4) is 16.9 Å². The molecule has 0 N–H and O–H groups in total. The van der Waals surface area contributed by atoms with Crippen LogP contribution in [0.4, 0.5) is 14.5 Å². The third kappa shape index (κ3) is 3.13. The Morgan fingerprint density at radius 1 is 0.840 bits per heavy atom. The summed E-state index contributed by atoms with van der Waals surface area (Å²) in [5.41, 5.74) is 3.28. The first-order valence-electron chi connectivity index (χ1n) is 8.15. The Kier molecular flexibility index (Phi) is 4.19. The zero-order valence-electron chi connectivity index (χ0n) is 13.5. The molecule has 0 unspecified atom stereocenters. The van der Waals surface area contributed by atoms with Gasteiger partial charge < -0.3 is 9.64 Å². The molecule has 0 radical (unpaired) electrons. The van der Waals surface area contributed by atoms with Gasteiger partial charge in [-0.15, -0.1) is 0 Å². The molecule has 0 saturated carbocycles. The van der Waals surface area contributed by atoms with E-state index in [1.807, 2.05) is 24.3 Å². The Hall–Kier alpha value is -2.73. The molecule has 0 atom stereocenters. The highest BCUT2D eigenvalue weighted by atomic mass is 19.2.